The highest BCUT2D eigenvalue weighted by atomic mass is 79.9. The summed E-state index contributed by atoms with van der Waals surface area (Å²) in [6, 6.07) is 12.9. The van der Waals surface area contributed by atoms with E-state index in [9.17, 15) is 12.8 Å². The van der Waals surface area contributed by atoms with E-state index in [1.807, 2.05) is 13.0 Å². The molecule has 1 heterocycles. The van der Waals surface area contributed by atoms with E-state index in [1.54, 1.807) is 42.5 Å². The Kier molecular flexibility index (Phi) is 4.09. The maximum absolute atomic E-state index is 14.5. The van der Waals surface area contributed by atoms with E-state index in [-0.39, 0.29) is 11.4 Å². The summed E-state index contributed by atoms with van der Waals surface area (Å²) >= 11 is 3.30. The zero-order valence-electron chi connectivity index (χ0n) is 11.9. The number of benzene rings is 2. The molecule has 0 aromatic heterocycles. The number of hydrogen-bond donors (Lipinski definition) is 0. The van der Waals surface area contributed by atoms with E-state index >= 15 is 0 Å². The first kappa shape index (κ1) is 15.6. The third-order valence-electron chi connectivity index (χ3n) is 3.74. The molecule has 1 aliphatic rings. The van der Waals surface area contributed by atoms with Gasteiger partial charge in [-0.2, -0.15) is 4.31 Å². The lowest BCUT2D eigenvalue weighted by Gasteiger charge is -2.10. The van der Waals surface area contributed by atoms with E-state index in [2.05, 4.69) is 15.9 Å². The summed E-state index contributed by atoms with van der Waals surface area (Å²) in [7, 11) is -3.61. The third kappa shape index (κ3) is 2.95. The summed E-state index contributed by atoms with van der Waals surface area (Å²) in [5.74, 6) is 0. The standard InChI is InChI=1S/C16H15BrFNO2S/c1-11-5-7-14(8-6-11)22(20,21)19-10-15(19)16(18)12-3-2-4-13(17)9-12/h2-9,15-16H,10H2,1H3/t15-,16-,19?/m0/s1. The molecule has 1 saturated heterocycles. The highest BCUT2D eigenvalue weighted by molar-refractivity contribution is 9.10. The average Bonchev–Trinajstić information content (AvgIpc) is 3.28. The van der Waals surface area contributed by atoms with Crippen molar-refractivity contribution in [1.82, 2.24) is 4.31 Å². The Bertz CT molecular complexity index is 792. The fourth-order valence-electron chi connectivity index (χ4n) is 2.40. The Morgan fingerprint density at radius 1 is 1.23 bits per heavy atom. The van der Waals surface area contributed by atoms with Crippen LogP contribution in [0.3, 0.4) is 0 Å². The second kappa shape index (κ2) is 5.76. The molecule has 22 heavy (non-hydrogen) atoms. The minimum atomic E-state index is -3.61. The summed E-state index contributed by atoms with van der Waals surface area (Å²) in [4.78, 5) is 0.210. The molecule has 0 spiro atoms. The van der Waals surface area contributed by atoms with Crippen LogP contribution >= 0.6 is 15.9 Å². The van der Waals surface area contributed by atoms with Crippen LogP contribution in [0, 0.1) is 6.92 Å². The summed E-state index contributed by atoms with van der Waals surface area (Å²) in [6.07, 6.45) is -1.32. The van der Waals surface area contributed by atoms with Crippen molar-refractivity contribution in [2.75, 3.05) is 6.54 Å². The highest BCUT2D eigenvalue weighted by Crippen LogP contribution is 2.39. The normalized spacial score (nSPS) is 22.3. The molecule has 0 radical (unpaired) electrons. The van der Waals surface area contributed by atoms with Gasteiger partial charge >= 0.3 is 0 Å². The van der Waals surface area contributed by atoms with E-state index in [0.717, 1.165) is 10.0 Å². The van der Waals surface area contributed by atoms with Gasteiger partial charge in [-0.15, -0.1) is 0 Å². The van der Waals surface area contributed by atoms with Gasteiger partial charge in [0.05, 0.1) is 10.9 Å². The Balaban J connectivity index is 1.80. The Morgan fingerprint density at radius 3 is 2.55 bits per heavy atom. The molecule has 0 aliphatic carbocycles. The van der Waals surface area contributed by atoms with Gasteiger partial charge in [0.25, 0.3) is 0 Å². The van der Waals surface area contributed by atoms with Gasteiger partial charge in [0, 0.05) is 11.0 Å². The van der Waals surface area contributed by atoms with Gasteiger partial charge in [0.2, 0.25) is 10.0 Å². The quantitative estimate of drug-likeness (QED) is 0.752. The maximum Gasteiger partial charge on any atom is 0.243 e. The number of sulfonamides is 1. The van der Waals surface area contributed by atoms with Gasteiger partial charge in [-0.05, 0) is 36.8 Å². The van der Waals surface area contributed by atoms with Crippen molar-refractivity contribution in [3.63, 3.8) is 0 Å². The summed E-state index contributed by atoms with van der Waals surface area (Å²) in [5, 5.41) is 0. The van der Waals surface area contributed by atoms with Crippen LogP contribution in [0.1, 0.15) is 17.3 Å². The molecule has 0 amide bonds. The smallest absolute Gasteiger partial charge is 0.240 e. The van der Waals surface area contributed by atoms with Crippen LogP contribution in [-0.2, 0) is 10.0 Å². The topological polar surface area (TPSA) is 37.1 Å². The largest absolute Gasteiger partial charge is 0.243 e. The summed E-state index contributed by atoms with van der Waals surface area (Å²) < 4.78 is 41.5. The molecule has 0 N–H and O–H groups in total. The van der Waals surface area contributed by atoms with Crippen molar-refractivity contribution in [3.05, 3.63) is 64.1 Å². The van der Waals surface area contributed by atoms with Crippen LogP contribution in [-0.4, -0.2) is 25.3 Å². The van der Waals surface area contributed by atoms with Crippen LogP contribution in [0.4, 0.5) is 4.39 Å². The second-order valence-electron chi connectivity index (χ2n) is 5.41. The lowest BCUT2D eigenvalue weighted by atomic mass is 10.1. The van der Waals surface area contributed by atoms with Gasteiger partial charge in [0.15, 0.2) is 0 Å². The van der Waals surface area contributed by atoms with Crippen LogP contribution in [0.2, 0.25) is 0 Å². The van der Waals surface area contributed by atoms with Gasteiger partial charge in [-0.25, -0.2) is 12.8 Å². The van der Waals surface area contributed by atoms with Crippen LogP contribution in [0.5, 0.6) is 0 Å². The predicted molar refractivity (Wildman–Crippen MR) is 86.8 cm³/mol. The lowest BCUT2D eigenvalue weighted by Crippen LogP contribution is -2.17. The number of aryl methyl sites for hydroxylation is 1. The first-order valence-corrected chi connectivity index (χ1v) is 9.11. The molecular weight excluding hydrogens is 369 g/mol. The molecule has 1 aliphatic heterocycles. The van der Waals surface area contributed by atoms with E-state index < -0.39 is 22.2 Å². The monoisotopic (exact) mass is 383 g/mol. The molecule has 6 heteroatoms. The number of rotatable bonds is 4. The van der Waals surface area contributed by atoms with Crippen molar-refractivity contribution >= 4 is 26.0 Å². The van der Waals surface area contributed by atoms with Gasteiger partial charge in [-0.1, -0.05) is 45.8 Å². The molecule has 2 aromatic rings. The van der Waals surface area contributed by atoms with Crippen LogP contribution in [0.15, 0.2) is 57.9 Å². The number of hydrogen-bond acceptors (Lipinski definition) is 2. The molecule has 0 bridgehead atoms. The number of nitrogens with zero attached hydrogens (tertiary/aromatic N) is 1. The molecule has 0 saturated carbocycles. The summed E-state index contributed by atoms with van der Waals surface area (Å²) in [6.45, 7) is 2.10. The Morgan fingerprint density at radius 2 is 1.91 bits per heavy atom. The predicted octanol–water partition coefficient (Wildman–Crippen LogP) is 3.84. The third-order valence-corrected chi connectivity index (χ3v) is 6.13. The fraction of sp³-hybridized carbons (Fsp3) is 0.250. The molecule has 3 nitrogen and oxygen atoms in total. The van der Waals surface area contributed by atoms with Crippen LogP contribution < -0.4 is 0 Å². The Hall–Kier alpha value is -1.24. The van der Waals surface area contributed by atoms with E-state index in [1.165, 1.54) is 4.31 Å². The van der Waals surface area contributed by atoms with Gasteiger partial charge in [0.1, 0.15) is 6.17 Å². The van der Waals surface area contributed by atoms with Crippen molar-refractivity contribution in [1.29, 1.82) is 0 Å². The zero-order valence-corrected chi connectivity index (χ0v) is 14.3. The maximum atomic E-state index is 14.5. The molecule has 3 atom stereocenters. The van der Waals surface area contributed by atoms with Crippen molar-refractivity contribution in [3.8, 4) is 0 Å². The molecule has 1 unspecified atom stereocenters. The Labute approximate surface area is 137 Å². The number of alkyl halides is 1. The average molecular weight is 384 g/mol. The van der Waals surface area contributed by atoms with Crippen molar-refractivity contribution in [2.24, 2.45) is 0 Å². The highest BCUT2D eigenvalue weighted by Gasteiger charge is 2.49. The minimum absolute atomic E-state index is 0.210. The molecular formula is C16H15BrFNO2S. The zero-order chi connectivity index (χ0) is 15.9. The molecule has 2 aromatic carbocycles. The molecule has 3 rings (SSSR count). The van der Waals surface area contributed by atoms with Crippen molar-refractivity contribution in [2.45, 2.75) is 24.0 Å². The first-order valence-electron chi connectivity index (χ1n) is 6.87. The van der Waals surface area contributed by atoms with Gasteiger partial charge in [-0.3, -0.25) is 0 Å². The van der Waals surface area contributed by atoms with Crippen molar-refractivity contribution < 1.29 is 12.8 Å². The first-order chi connectivity index (χ1) is 10.4. The summed E-state index contributed by atoms with van der Waals surface area (Å²) in [5.41, 5.74) is 1.47. The lowest BCUT2D eigenvalue weighted by molar-refractivity contribution is 0.321. The number of halogens is 2. The second-order valence-corrected chi connectivity index (χ2v) is 8.22. The van der Waals surface area contributed by atoms with E-state index in [0.29, 0.717) is 5.56 Å². The van der Waals surface area contributed by atoms with E-state index in [4.69, 9.17) is 0 Å². The molecule has 1 fully saturated rings. The minimum Gasteiger partial charge on any atom is -0.240 e. The SMILES string of the molecule is Cc1ccc(S(=O)(=O)N2C[C@H]2[C@@H](F)c2cccc(Br)c2)cc1. The van der Waals surface area contributed by atoms with Crippen LogP contribution in [0.25, 0.3) is 0 Å². The molecule has 116 valence electrons. The van der Waals surface area contributed by atoms with Gasteiger partial charge < -0.3 is 0 Å². The fourth-order valence-corrected chi connectivity index (χ4v) is 4.38.